The second-order valence-electron chi connectivity index (χ2n) is 6.64. The molecule has 2 aromatic carbocycles. The van der Waals surface area contributed by atoms with E-state index >= 15 is 0 Å². The first kappa shape index (κ1) is 17.0. The van der Waals surface area contributed by atoms with Crippen molar-refractivity contribution < 1.29 is 4.79 Å². The van der Waals surface area contributed by atoms with Crippen molar-refractivity contribution in [3.63, 3.8) is 0 Å². The Morgan fingerprint density at radius 3 is 2.70 bits per heavy atom. The number of aryl methyl sites for hydroxylation is 2. The number of carbonyl (C=O) groups is 1. The van der Waals surface area contributed by atoms with E-state index in [9.17, 15) is 9.59 Å². The Hall–Kier alpha value is -3.47. The van der Waals surface area contributed by atoms with Crippen molar-refractivity contribution in [2.75, 3.05) is 5.32 Å². The zero-order valence-corrected chi connectivity index (χ0v) is 15.2. The Morgan fingerprint density at radius 1 is 1.04 bits per heavy atom. The fourth-order valence-electron chi connectivity index (χ4n) is 3.31. The smallest absolute Gasteiger partial charge is 0.244 e. The molecule has 134 valence electrons. The standard InChI is InChI=1S/C22H19N3O2/c1-14-7-8-16-18(9-11-23-22(16)15(14)2)24-21(27)13-25-12-10-20(26)17-5-3-4-6-19(17)25/h3-12H,13H2,1-2H3,(H,23,24,27). The highest BCUT2D eigenvalue weighted by Crippen LogP contribution is 2.26. The van der Waals surface area contributed by atoms with Gasteiger partial charge >= 0.3 is 0 Å². The molecule has 5 heteroatoms. The highest BCUT2D eigenvalue weighted by molar-refractivity contribution is 6.02. The van der Waals surface area contributed by atoms with Gasteiger partial charge in [-0.2, -0.15) is 0 Å². The Morgan fingerprint density at radius 2 is 1.85 bits per heavy atom. The van der Waals surface area contributed by atoms with Crippen molar-refractivity contribution in [3.8, 4) is 0 Å². The second kappa shape index (κ2) is 6.68. The van der Waals surface area contributed by atoms with Crippen LogP contribution in [0.1, 0.15) is 11.1 Å². The summed E-state index contributed by atoms with van der Waals surface area (Å²) in [5.74, 6) is -0.158. The van der Waals surface area contributed by atoms with Crippen LogP contribution < -0.4 is 10.7 Å². The maximum absolute atomic E-state index is 12.7. The number of benzene rings is 2. The largest absolute Gasteiger partial charge is 0.338 e. The zero-order chi connectivity index (χ0) is 19.0. The van der Waals surface area contributed by atoms with Crippen LogP contribution in [0.4, 0.5) is 5.69 Å². The van der Waals surface area contributed by atoms with Crippen LogP contribution in [0, 0.1) is 13.8 Å². The number of rotatable bonds is 3. The summed E-state index contributed by atoms with van der Waals surface area (Å²) in [4.78, 5) is 29.1. The monoisotopic (exact) mass is 357 g/mol. The summed E-state index contributed by atoms with van der Waals surface area (Å²) in [5.41, 5.74) is 4.59. The molecular formula is C22H19N3O2. The molecular weight excluding hydrogens is 338 g/mol. The van der Waals surface area contributed by atoms with E-state index in [1.807, 2.05) is 44.2 Å². The average Bonchev–Trinajstić information content (AvgIpc) is 2.67. The van der Waals surface area contributed by atoms with Crippen molar-refractivity contribution in [2.24, 2.45) is 0 Å². The summed E-state index contributed by atoms with van der Waals surface area (Å²) in [5, 5.41) is 4.50. The summed E-state index contributed by atoms with van der Waals surface area (Å²) in [7, 11) is 0. The van der Waals surface area contributed by atoms with Crippen LogP contribution >= 0.6 is 0 Å². The van der Waals surface area contributed by atoms with E-state index in [-0.39, 0.29) is 17.9 Å². The van der Waals surface area contributed by atoms with Gasteiger partial charge in [-0.1, -0.05) is 24.3 Å². The van der Waals surface area contributed by atoms with Gasteiger partial charge < -0.3 is 9.88 Å². The number of amides is 1. The van der Waals surface area contributed by atoms with Gasteiger partial charge in [0.05, 0.1) is 16.7 Å². The van der Waals surface area contributed by atoms with Gasteiger partial charge in [-0.05, 0) is 43.2 Å². The molecule has 0 bridgehead atoms. The van der Waals surface area contributed by atoms with Gasteiger partial charge in [-0.25, -0.2) is 0 Å². The molecule has 4 aromatic rings. The molecule has 0 atom stereocenters. The van der Waals surface area contributed by atoms with Gasteiger partial charge in [0.15, 0.2) is 5.43 Å². The quantitative estimate of drug-likeness (QED) is 0.606. The zero-order valence-electron chi connectivity index (χ0n) is 15.2. The number of para-hydroxylation sites is 1. The third-order valence-electron chi connectivity index (χ3n) is 4.91. The summed E-state index contributed by atoms with van der Waals surface area (Å²) >= 11 is 0. The lowest BCUT2D eigenvalue weighted by atomic mass is 10.0. The summed E-state index contributed by atoms with van der Waals surface area (Å²) in [6.45, 7) is 4.20. The molecule has 0 saturated carbocycles. The average molecular weight is 357 g/mol. The lowest BCUT2D eigenvalue weighted by Gasteiger charge is -2.13. The van der Waals surface area contributed by atoms with E-state index in [4.69, 9.17) is 0 Å². The molecule has 4 rings (SSSR count). The fourth-order valence-corrected chi connectivity index (χ4v) is 3.31. The minimum absolute atomic E-state index is 0.0479. The summed E-state index contributed by atoms with van der Waals surface area (Å²) < 4.78 is 1.78. The lowest BCUT2D eigenvalue weighted by Crippen LogP contribution is -2.20. The number of aromatic nitrogens is 2. The second-order valence-corrected chi connectivity index (χ2v) is 6.64. The van der Waals surface area contributed by atoms with Crippen LogP contribution in [0.2, 0.25) is 0 Å². The van der Waals surface area contributed by atoms with Crippen molar-refractivity contribution in [1.82, 2.24) is 9.55 Å². The van der Waals surface area contributed by atoms with Crippen LogP contribution in [-0.4, -0.2) is 15.5 Å². The molecule has 2 aromatic heterocycles. The molecule has 0 saturated heterocycles. The first-order valence-corrected chi connectivity index (χ1v) is 8.77. The number of nitrogens with one attached hydrogen (secondary N) is 1. The number of pyridine rings is 2. The van der Waals surface area contributed by atoms with Crippen LogP contribution in [0.25, 0.3) is 21.8 Å². The third kappa shape index (κ3) is 3.08. The van der Waals surface area contributed by atoms with Crippen molar-refractivity contribution in [2.45, 2.75) is 20.4 Å². The number of fused-ring (bicyclic) bond motifs is 2. The lowest BCUT2D eigenvalue weighted by molar-refractivity contribution is -0.116. The number of anilines is 1. The SMILES string of the molecule is Cc1ccc2c(NC(=O)Cn3ccc(=O)c4ccccc43)ccnc2c1C. The first-order chi connectivity index (χ1) is 13.0. The van der Waals surface area contributed by atoms with Crippen molar-refractivity contribution >= 4 is 33.4 Å². The molecule has 1 amide bonds. The molecule has 0 radical (unpaired) electrons. The molecule has 0 unspecified atom stereocenters. The van der Waals surface area contributed by atoms with Crippen LogP contribution in [-0.2, 0) is 11.3 Å². The van der Waals surface area contributed by atoms with Crippen LogP contribution in [0.5, 0.6) is 0 Å². The topological polar surface area (TPSA) is 64.0 Å². The van der Waals surface area contributed by atoms with Gasteiger partial charge in [-0.3, -0.25) is 14.6 Å². The fraction of sp³-hybridized carbons (Fsp3) is 0.136. The number of hydrogen-bond acceptors (Lipinski definition) is 3. The Labute approximate surface area is 156 Å². The number of hydrogen-bond donors (Lipinski definition) is 1. The minimum atomic E-state index is -0.158. The molecule has 1 N–H and O–H groups in total. The minimum Gasteiger partial charge on any atom is -0.338 e. The number of carbonyl (C=O) groups excluding carboxylic acids is 1. The summed E-state index contributed by atoms with van der Waals surface area (Å²) in [6.07, 6.45) is 3.36. The maximum Gasteiger partial charge on any atom is 0.244 e. The van der Waals surface area contributed by atoms with E-state index in [0.717, 1.165) is 27.7 Å². The van der Waals surface area contributed by atoms with E-state index in [1.165, 1.54) is 11.6 Å². The van der Waals surface area contributed by atoms with E-state index in [2.05, 4.69) is 10.3 Å². The van der Waals surface area contributed by atoms with Crippen molar-refractivity contribution in [3.05, 3.63) is 82.3 Å². The van der Waals surface area contributed by atoms with Gasteiger partial charge in [-0.15, -0.1) is 0 Å². The third-order valence-corrected chi connectivity index (χ3v) is 4.91. The van der Waals surface area contributed by atoms with Gasteiger partial charge in [0, 0.05) is 29.2 Å². The molecule has 0 spiro atoms. The molecule has 0 aliphatic heterocycles. The molecule has 2 heterocycles. The first-order valence-electron chi connectivity index (χ1n) is 8.77. The predicted molar refractivity (Wildman–Crippen MR) is 108 cm³/mol. The summed E-state index contributed by atoms with van der Waals surface area (Å²) in [6, 6.07) is 14.6. The van der Waals surface area contributed by atoms with E-state index in [0.29, 0.717) is 5.39 Å². The molecule has 0 fully saturated rings. The Kier molecular flexibility index (Phi) is 4.20. The molecule has 27 heavy (non-hydrogen) atoms. The van der Waals surface area contributed by atoms with E-state index < -0.39 is 0 Å². The Bertz CT molecular complexity index is 1240. The van der Waals surface area contributed by atoms with Crippen LogP contribution in [0.15, 0.2) is 65.7 Å². The normalized spacial score (nSPS) is 11.0. The van der Waals surface area contributed by atoms with Crippen LogP contribution in [0.3, 0.4) is 0 Å². The molecule has 0 aliphatic rings. The number of nitrogens with zero attached hydrogens (tertiary/aromatic N) is 2. The van der Waals surface area contributed by atoms with E-state index in [1.54, 1.807) is 29.1 Å². The maximum atomic E-state index is 12.7. The van der Waals surface area contributed by atoms with Gasteiger partial charge in [0.25, 0.3) is 0 Å². The Balaban J connectivity index is 1.67. The molecule has 0 aliphatic carbocycles. The highest BCUT2D eigenvalue weighted by atomic mass is 16.2. The highest BCUT2D eigenvalue weighted by Gasteiger charge is 2.11. The van der Waals surface area contributed by atoms with Crippen molar-refractivity contribution in [1.29, 1.82) is 0 Å². The van der Waals surface area contributed by atoms with Gasteiger partial charge in [0.1, 0.15) is 6.54 Å². The molecule has 5 nitrogen and oxygen atoms in total. The predicted octanol–water partition coefficient (Wildman–Crippen LogP) is 3.81. The van der Waals surface area contributed by atoms with Gasteiger partial charge in [0.2, 0.25) is 5.91 Å².